The molecule has 0 spiro atoms. The van der Waals surface area contributed by atoms with Crippen LogP contribution in [0, 0.1) is 5.92 Å². The van der Waals surface area contributed by atoms with Gasteiger partial charge in [0.1, 0.15) is 0 Å². The van der Waals surface area contributed by atoms with E-state index in [1.54, 1.807) is 0 Å². The van der Waals surface area contributed by atoms with Crippen LogP contribution in [-0.2, 0) is 0 Å². The Balaban J connectivity index is 1.16. The quantitative estimate of drug-likeness (QED) is 0.204. The maximum absolute atomic E-state index is 5.34. The van der Waals surface area contributed by atoms with Crippen molar-refractivity contribution >= 4 is 69.7 Å². The standard InChI is InChI=1S/C38H24N2S/c1-3-12-31-27(9-1)28-10-2-4-13-32(28)38-37(31)39-22-34(40-38)29-17-8-15-25-24(14-7-16-26(25)29)23-19-20-36-33(21-23)30-11-5-6-18-35(30)41-36/h1-22,26,29H. The van der Waals surface area contributed by atoms with E-state index >= 15 is 0 Å². The number of hydrogen-bond donors (Lipinski definition) is 0. The lowest BCUT2D eigenvalue weighted by Gasteiger charge is -2.31. The Labute approximate surface area is 241 Å². The minimum atomic E-state index is 0.114. The number of aromatic nitrogens is 2. The van der Waals surface area contributed by atoms with Crippen LogP contribution in [0.15, 0.2) is 139 Å². The minimum absolute atomic E-state index is 0.114. The molecule has 2 aliphatic rings. The van der Waals surface area contributed by atoms with Gasteiger partial charge in [0.15, 0.2) is 0 Å². The van der Waals surface area contributed by atoms with Gasteiger partial charge in [-0.1, -0.05) is 109 Å². The number of rotatable bonds is 2. The molecule has 2 aliphatic carbocycles. The summed E-state index contributed by atoms with van der Waals surface area (Å²) < 4.78 is 2.67. The summed E-state index contributed by atoms with van der Waals surface area (Å²) in [5, 5.41) is 7.42. The summed E-state index contributed by atoms with van der Waals surface area (Å²) in [6, 6.07) is 32.8. The highest BCUT2D eigenvalue weighted by Crippen LogP contribution is 2.45. The smallest absolute Gasteiger partial charge is 0.0975 e. The summed E-state index contributed by atoms with van der Waals surface area (Å²) in [5.74, 6) is 0.316. The van der Waals surface area contributed by atoms with Gasteiger partial charge in [-0.2, -0.15) is 0 Å². The highest BCUT2D eigenvalue weighted by molar-refractivity contribution is 7.25. The van der Waals surface area contributed by atoms with Crippen LogP contribution >= 0.6 is 11.3 Å². The molecule has 2 heterocycles. The molecule has 2 nitrogen and oxygen atoms in total. The predicted molar refractivity (Wildman–Crippen MR) is 174 cm³/mol. The normalized spacial score (nSPS) is 18.3. The third-order valence-electron chi connectivity index (χ3n) is 8.71. The van der Waals surface area contributed by atoms with Crippen molar-refractivity contribution in [2.24, 2.45) is 5.92 Å². The molecule has 0 fully saturated rings. The van der Waals surface area contributed by atoms with Gasteiger partial charge in [-0.25, -0.2) is 4.98 Å². The van der Waals surface area contributed by atoms with Gasteiger partial charge in [-0.05, 0) is 45.7 Å². The van der Waals surface area contributed by atoms with Crippen LogP contribution in [0.3, 0.4) is 0 Å². The Hall–Kier alpha value is -4.86. The molecule has 0 aliphatic heterocycles. The van der Waals surface area contributed by atoms with Crippen molar-refractivity contribution < 1.29 is 0 Å². The Bertz CT molecular complexity index is 2300. The van der Waals surface area contributed by atoms with Gasteiger partial charge in [0.25, 0.3) is 0 Å². The Morgan fingerprint density at radius 3 is 2.05 bits per heavy atom. The van der Waals surface area contributed by atoms with Crippen LogP contribution in [0.4, 0.5) is 0 Å². The molecule has 0 N–H and O–H groups in total. The van der Waals surface area contributed by atoms with Crippen molar-refractivity contribution in [2.45, 2.75) is 5.92 Å². The number of nitrogens with zero attached hydrogens (tertiary/aromatic N) is 2. The first-order chi connectivity index (χ1) is 20.3. The fourth-order valence-electron chi connectivity index (χ4n) is 6.80. The summed E-state index contributed by atoms with van der Waals surface area (Å²) in [6.07, 6.45) is 15.6. The highest BCUT2D eigenvalue weighted by atomic mass is 32.1. The zero-order valence-corrected chi connectivity index (χ0v) is 23.0. The molecule has 7 aromatic rings. The number of benzene rings is 5. The van der Waals surface area contributed by atoms with Gasteiger partial charge >= 0.3 is 0 Å². The van der Waals surface area contributed by atoms with Crippen molar-refractivity contribution in [3.05, 3.63) is 150 Å². The molecule has 2 atom stereocenters. The van der Waals surface area contributed by atoms with Crippen LogP contribution in [0.2, 0.25) is 0 Å². The Kier molecular flexibility index (Phi) is 4.93. The largest absolute Gasteiger partial charge is 0.252 e. The highest BCUT2D eigenvalue weighted by Gasteiger charge is 2.30. The first-order valence-corrected chi connectivity index (χ1v) is 14.9. The second kappa shape index (κ2) is 8.82. The number of hydrogen-bond acceptors (Lipinski definition) is 3. The van der Waals surface area contributed by atoms with Crippen molar-refractivity contribution in [1.29, 1.82) is 0 Å². The van der Waals surface area contributed by atoms with E-state index in [0.717, 1.165) is 27.5 Å². The van der Waals surface area contributed by atoms with E-state index in [4.69, 9.17) is 9.97 Å². The van der Waals surface area contributed by atoms with E-state index in [9.17, 15) is 0 Å². The molecule has 5 aromatic carbocycles. The summed E-state index contributed by atoms with van der Waals surface area (Å²) in [4.78, 5) is 10.4. The van der Waals surface area contributed by atoms with Crippen LogP contribution < -0.4 is 0 Å². The van der Waals surface area contributed by atoms with Crippen LogP contribution in [0.1, 0.15) is 17.2 Å². The summed E-state index contributed by atoms with van der Waals surface area (Å²) >= 11 is 1.87. The van der Waals surface area contributed by atoms with Crippen molar-refractivity contribution in [2.75, 3.05) is 0 Å². The average Bonchev–Trinajstić information content (AvgIpc) is 3.42. The lowest BCUT2D eigenvalue weighted by Crippen LogP contribution is -2.18. The molecule has 2 aromatic heterocycles. The summed E-state index contributed by atoms with van der Waals surface area (Å²) in [7, 11) is 0. The monoisotopic (exact) mass is 540 g/mol. The Morgan fingerprint density at radius 1 is 0.561 bits per heavy atom. The van der Waals surface area contributed by atoms with Crippen LogP contribution in [-0.4, -0.2) is 9.97 Å². The molecule has 192 valence electrons. The lowest BCUT2D eigenvalue weighted by molar-refractivity contribution is 0.656. The molecule has 0 radical (unpaired) electrons. The second-order valence-electron chi connectivity index (χ2n) is 10.9. The first-order valence-electron chi connectivity index (χ1n) is 14.1. The molecule has 0 amide bonds. The molecular formula is C38H24N2S. The first kappa shape index (κ1) is 22.9. The SMILES string of the molecule is C1=CC2C(=CC=CC2c2cnc3c4ccccc4c4ccccc4c3n2)C(c2ccc3sc4ccccc4c3c2)=C1. The topological polar surface area (TPSA) is 25.8 Å². The second-order valence-corrected chi connectivity index (χ2v) is 12.0. The van der Waals surface area contributed by atoms with Crippen molar-refractivity contribution in [3.63, 3.8) is 0 Å². The van der Waals surface area contributed by atoms with Crippen molar-refractivity contribution in [1.82, 2.24) is 9.97 Å². The molecular weight excluding hydrogens is 516 g/mol. The van der Waals surface area contributed by atoms with Gasteiger partial charge in [0.05, 0.1) is 16.7 Å². The number of allylic oxidation sites excluding steroid dienone is 8. The van der Waals surface area contributed by atoms with Gasteiger partial charge in [0, 0.05) is 49.0 Å². The lowest BCUT2D eigenvalue weighted by atomic mass is 9.74. The molecule has 41 heavy (non-hydrogen) atoms. The van der Waals surface area contributed by atoms with Gasteiger partial charge in [-0.15, -0.1) is 11.3 Å². The fraction of sp³-hybridized carbons (Fsp3) is 0.0526. The van der Waals surface area contributed by atoms with E-state index < -0.39 is 0 Å². The third-order valence-corrected chi connectivity index (χ3v) is 9.86. The Morgan fingerprint density at radius 2 is 1.22 bits per heavy atom. The van der Waals surface area contributed by atoms with E-state index in [1.165, 1.54) is 47.7 Å². The average molecular weight is 541 g/mol. The van der Waals surface area contributed by atoms with Gasteiger partial charge < -0.3 is 0 Å². The summed E-state index contributed by atoms with van der Waals surface area (Å²) in [5.41, 5.74) is 6.84. The molecule has 3 heteroatoms. The van der Waals surface area contributed by atoms with Gasteiger partial charge in [-0.3, -0.25) is 4.98 Å². The van der Waals surface area contributed by atoms with E-state index in [2.05, 4.69) is 127 Å². The number of thiophene rings is 1. The predicted octanol–water partition coefficient (Wildman–Crippen LogP) is 10.2. The van der Waals surface area contributed by atoms with E-state index in [-0.39, 0.29) is 11.8 Å². The minimum Gasteiger partial charge on any atom is -0.252 e. The number of fused-ring (bicyclic) bond motifs is 10. The zero-order chi connectivity index (χ0) is 26.9. The molecule has 0 bridgehead atoms. The maximum Gasteiger partial charge on any atom is 0.0975 e. The van der Waals surface area contributed by atoms with Gasteiger partial charge in [0.2, 0.25) is 0 Å². The van der Waals surface area contributed by atoms with E-state index in [1.807, 2.05) is 17.5 Å². The molecule has 2 unspecified atom stereocenters. The van der Waals surface area contributed by atoms with E-state index in [0.29, 0.717) is 0 Å². The van der Waals surface area contributed by atoms with Crippen LogP contribution in [0.25, 0.3) is 58.3 Å². The molecule has 9 rings (SSSR count). The zero-order valence-electron chi connectivity index (χ0n) is 22.2. The third kappa shape index (κ3) is 3.43. The van der Waals surface area contributed by atoms with Crippen molar-refractivity contribution in [3.8, 4) is 0 Å². The van der Waals surface area contributed by atoms with Crippen LogP contribution in [0.5, 0.6) is 0 Å². The molecule has 0 saturated carbocycles. The summed E-state index contributed by atoms with van der Waals surface area (Å²) in [6.45, 7) is 0. The maximum atomic E-state index is 5.34. The fourth-order valence-corrected chi connectivity index (χ4v) is 7.89. The molecule has 0 saturated heterocycles.